The molecule has 2 rings (SSSR count). The number of halogens is 1. The number of rotatable bonds is 3. The minimum atomic E-state index is -0.285. The van der Waals surface area contributed by atoms with Crippen LogP contribution in [-0.4, -0.2) is 4.98 Å². The molecule has 3 nitrogen and oxygen atoms in total. The first-order chi connectivity index (χ1) is 8.58. The van der Waals surface area contributed by atoms with Crippen molar-refractivity contribution in [1.82, 2.24) is 4.98 Å². The highest BCUT2D eigenvalue weighted by Gasteiger charge is 2.05. The van der Waals surface area contributed by atoms with Crippen LogP contribution in [0.5, 0.6) is 0 Å². The van der Waals surface area contributed by atoms with Crippen molar-refractivity contribution in [3.05, 3.63) is 53.1 Å². The highest BCUT2D eigenvalue weighted by atomic mass is 19.1. The average Bonchev–Trinajstić information content (AvgIpc) is 2.34. The van der Waals surface area contributed by atoms with E-state index in [-0.39, 0.29) is 5.82 Å². The molecule has 0 unspecified atom stereocenters. The minimum absolute atomic E-state index is 0.285. The average molecular weight is 245 g/mol. The van der Waals surface area contributed by atoms with Crippen LogP contribution in [0.25, 0.3) is 0 Å². The van der Waals surface area contributed by atoms with Crippen LogP contribution in [0, 0.1) is 19.7 Å². The fourth-order valence-electron chi connectivity index (χ4n) is 1.73. The Morgan fingerprint density at radius 2 is 2.06 bits per heavy atom. The summed E-state index contributed by atoms with van der Waals surface area (Å²) in [6, 6.07) is 6.95. The fraction of sp³-hybridized carbons (Fsp3) is 0.214. The number of aromatic nitrogens is 1. The van der Waals surface area contributed by atoms with Gasteiger partial charge in [0, 0.05) is 6.20 Å². The van der Waals surface area contributed by atoms with Crippen LogP contribution >= 0.6 is 0 Å². The topological polar surface area (TPSA) is 50.9 Å². The van der Waals surface area contributed by atoms with Gasteiger partial charge in [-0.15, -0.1) is 0 Å². The van der Waals surface area contributed by atoms with Crippen LogP contribution < -0.4 is 11.1 Å². The van der Waals surface area contributed by atoms with Crippen molar-refractivity contribution in [3.8, 4) is 0 Å². The predicted octanol–water partition coefficient (Wildman–Crippen LogP) is 3.03. The third-order valence-electron chi connectivity index (χ3n) is 2.89. The van der Waals surface area contributed by atoms with Gasteiger partial charge in [0.2, 0.25) is 0 Å². The second-order valence-electron chi connectivity index (χ2n) is 4.31. The number of benzene rings is 1. The van der Waals surface area contributed by atoms with Gasteiger partial charge in [-0.25, -0.2) is 4.39 Å². The normalized spacial score (nSPS) is 10.4. The minimum Gasteiger partial charge on any atom is -0.397 e. The number of aryl methyl sites for hydroxylation is 2. The zero-order valence-corrected chi connectivity index (χ0v) is 10.5. The lowest BCUT2D eigenvalue weighted by molar-refractivity contribution is 0.619. The zero-order valence-electron chi connectivity index (χ0n) is 10.5. The summed E-state index contributed by atoms with van der Waals surface area (Å²) in [7, 11) is 0. The molecule has 0 spiro atoms. The van der Waals surface area contributed by atoms with Crippen LogP contribution in [0.1, 0.15) is 16.8 Å². The van der Waals surface area contributed by atoms with Crippen LogP contribution in [0.4, 0.5) is 15.8 Å². The van der Waals surface area contributed by atoms with Crippen molar-refractivity contribution in [2.24, 2.45) is 0 Å². The maximum absolute atomic E-state index is 13.3. The summed E-state index contributed by atoms with van der Waals surface area (Å²) in [5.41, 5.74) is 9.56. The van der Waals surface area contributed by atoms with Crippen LogP contribution in [0.15, 0.2) is 30.5 Å². The molecule has 0 aliphatic rings. The molecular formula is C14H16FN3. The maximum atomic E-state index is 13.3. The summed E-state index contributed by atoms with van der Waals surface area (Å²) >= 11 is 0. The van der Waals surface area contributed by atoms with E-state index in [0.717, 1.165) is 16.9 Å². The number of hydrogen-bond acceptors (Lipinski definition) is 3. The second kappa shape index (κ2) is 5.04. The third kappa shape index (κ3) is 2.59. The van der Waals surface area contributed by atoms with E-state index in [4.69, 9.17) is 5.73 Å². The number of anilines is 2. The smallest absolute Gasteiger partial charge is 0.128 e. The lowest BCUT2D eigenvalue weighted by Gasteiger charge is -2.11. The van der Waals surface area contributed by atoms with E-state index < -0.39 is 0 Å². The molecule has 4 heteroatoms. The number of hydrogen-bond donors (Lipinski definition) is 2. The molecule has 0 saturated carbocycles. The Morgan fingerprint density at radius 3 is 2.78 bits per heavy atom. The maximum Gasteiger partial charge on any atom is 0.128 e. The molecule has 0 atom stereocenters. The van der Waals surface area contributed by atoms with E-state index in [9.17, 15) is 4.39 Å². The van der Waals surface area contributed by atoms with Gasteiger partial charge in [0.05, 0.1) is 23.6 Å². The van der Waals surface area contributed by atoms with Crippen molar-refractivity contribution in [2.45, 2.75) is 20.4 Å². The van der Waals surface area contributed by atoms with Crippen LogP contribution in [0.3, 0.4) is 0 Å². The van der Waals surface area contributed by atoms with Gasteiger partial charge in [-0.3, -0.25) is 4.98 Å². The number of pyridine rings is 1. The summed E-state index contributed by atoms with van der Waals surface area (Å²) in [6.07, 6.45) is 1.75. The van der Waals surface area contributed by atoms with Gasteiger partial charge >= 0.3 is 0 Å². The number of nitrogens with two attached hydrogens (primary N) is 1. The van der Waals surface area contributed by atoms with Gasteiger partial charge in [-0.05, 0) is 43.2 Å². The highest BCUT2D eigenvalue weighted by Crippen LogP contribution is 2.23. The van der Waals surface area contributed by atoms with Crippen LogP contribution in [0.2, 0.25) is 0 Å². The standard InChI is InChI=1S/C14H16FN3/c1-9-4-3-5-17-14(9)8-18-13-6-10(2)11(15)7-12(13)16/h3-7,18H,8,16H2,1-2H3. The highest BCUT2D eigenvalue weighted by molar-refractivity contribution is 5.67. The van der Waals surface area contributed by atoms with Crippen molar-refractivity contribution in [1.29, 1.82) is 0 Å². The van der Waals surface area contributed by atoms with Crippen LogP contribution in [-0.2, 0) is 6.54 Å². The second-order valence-corrected chi connectivity index (χ2v) is 4.31. The Morgan fingerprint density at radius 1 is 1.28 bits per heavy atom. The van der Waals surface area contributed by atoms with Gasteiger partial charge in [0.25, 0.3) is 0 Å². The van der Waals surface area contributed by atoms with E-state index in [1.54, 1.807) is 19.2 Å². The van der Waals surface area contributed by atoms with Crippen molar-refractivity contribution >= 4 is 11.4 Å². The predicted molar refractivity (Wildman–Crippen MR) is 71.9 cm³/mol. The molecule has 1 aromatic heterocycles. The zero-order chi connectivity index (χ0) is 13.1. The molecule has 0 amide bonds. The summed E-state index contributed by atoms with van der Waals surface area (Å²) in [6.45, 7) is 4.29. The molecule has 3 N–H and O–H groups in total. The molecule has 2 aromatic rings. The first-order valence-corrected chi connectivity index (χ1v) is 5.78. The van der Waals surface area contributed by atoms with E-state index in [2.05, 4.69) is 10.3 Å². The first-order valence-electron chi connectivity index (χ1n) is 5.78. The summed E-state index contributed by atoms with van der Waals surface area (Å²) < 4.78 is 13.3. The molecule has 0 aliphatic carbocycles. The van der Waals surface area contributed by atoms with E-state index in [0.29, 0.717) is 17.8 Å². The van der Waals surface area contributed by atoms with Gasteiger partial charge in [0.1, 0.15) is 5.82 Å². The molecule has 94 valence electrons. The van der Waals surface area contributed by atoms with E-state index >= 15 is 0 Å². The van der Waals surface area contributed by atoms with Gasteiger partial charge in [-0.2, -0.15) is 0 Å². The van der Waals surface area contributed by atoms with Gasteiger partial charge < -0.3 is 11.1 Å². The molecule has 0 radical (unpaired) electrons. The quantitative estimate of drug-likeness (QED) is 0.817. The molecule has 0 bridgehead atoms. The Bertz CT molecular complexity index is 567. The van der Waals surface area contributed by atoms with Gasteiger partial charge in [0.15, 0.2) is 0 Å². The lowest BCUT2D eigenvalue weighted by atomic mass is 10.1. The summed E-state index contributed by atoms with van der Waals surface area (Å²) in [4.78, 5) is 4.29. The molecule has 1 heterocycles. The lowest BCUT2D eigenvalue weighted by Crippen LogP contribution is -2.06. The van der Waals surface area contributed by atoms with Crippen molar-refractivity contribution < 1.29 is 4.39 Å². The summed E-state index contributed by atoms with van der Waals surface area (Å²) in [5, 5.41) is 3.18. The Labute approximate surface area is 106 Å². The number of nitrogens with one attached hydrogen (secondary N) is 1. The van der Waals surface area contributed by atoms with Gasteiger partial charge in [-0.1, -0.05) is 6.07 Å². The summed E-state index contributed by atoms with van der Waals surface area (Å²) in [5.74, 6) is -0.285. The fourth-order valence-corrected chi connectivity index (χ4v) is 1.73. The monoisotopic (exact) mass is 245 g/mol. The first kappa shape index (κ1) is 12.4. The molecule has 18 heavy (non-hydrogen) atoms. The Balaban J connectivity index is 2.16. The van der Waals surface area contributed by atoms with Crippen molar-refractivity contribution in [3.63, 3.8) is 0 Å². The largest absolute Gasteiger partial charge is 0.397 e. The Hall–Kier alpha value is -2.10. The number of nitrogen functional groups attached to an aromatic ring is 1. The number of nitrogens with zero attached hydrogens (tertiary/aromatic N) is 1. The van der Waals surface area contributed by atoms with Crippen molar-refractivity contribution in [2.75, 3.05) is 11.1 Å². The van der Waals surface area contributed by atoms with E-state index in [1.807, 2.05) is 19.1 Å². The van der Waals surface area contributed by atoms with E-state index in [1.165, 1.54) is 6.07 Å². The SMILES string of the molecule is Cc1cc(NCc2ncccc2C)c(N)cc1F. The molecular weight excluding hydrogens is 229 g/mol. The molecule has 0 fully saturated rings. The molecule has 1 aromatic carbocycles. The molecule has 0 saturated heterocycles. The third-order valence-corrected chi connectivity index (χ3v) is 2.89. The molecule has 0 aliphatic heterocycles. The Kier molecular flexibility index (Phi) is 3.46.